The molecule has 0 bridgehead atoms. The summed E-state index contributed by atoms with van der Waals surface area (Å²) in [5.74, 6) is 3.81. The predicted molar refractivity (Wildman–Crippen MR) is 123 cm³/mol. The number of fused-ring (bicyclic) bond motifs is 1. The van der Waals surface area contributed by atoms with Gasteiger partial charge in [0.25, 0.3) is 0 Å². The number of rotatable bonds is 6. The summed E-state index contributed by atoms with van der Waals surface area (Å²) < 4.78 is 10.6. The molecule has 158 valence electrons. The zero-order valence-electron chi connectivity index (χ0n) is 17.2. The van der Waals surface area contributed by atoms with E-state index in [2.05, 4.69) is 17.1 Å². The fourth-order valence-corrected chi connectivity index (χ4v) is 4.34. The summed E-state index contributed by atoms with van der Waals surface area (Å²) in [5.41, 5.74) is 0.780. The van der Waals surface area contributed by atoms with E-state index in [4.69, 9.17) is 14.5 Å². The lowest BCUT2D eigenvalue weighted by Gasteiger charge is -2.22. The largest absolute Gasteiger partial charge is 0.493 e. The van der Waals surface area contributed by atoms with Gasteiger partial charge in [-0.25, -0.2) is 0 Å². The van der Waals surface area contributed by atoms with Crippen LogP contribution in [0.15, 0.2) is 23.2 Å². The van der Waals surface area contributed by atoms with Crippen molar-refractivity contribution in [1.29, 1.82) is 0 Å². The van der Waals surface area contributed by atoms with E-state index in [0.717, 1.165) is 43.0 Å². The Morgan fingerprint density at radius 1 is 1.18 bits per heavy atom. The van der Waals surface area contributed by atoms with E-state index in [9.17, 15) is 5.11 Å². The Kier molecular flexibility index (Phi) is 9.14. The van der Waals surface area contributed by atoms with Crippen LogP contribution in [0.3, 0.4) is 0 Å². The maximum Gasteiger partial charge on any atom is 0.194 e. The van der Waals surface area contributed by atoms with Gasteiger partial charge >= 0.3 is 0 Å². The standard InChI is InChI=1S/C21H33N3O3.HI/c1-4-22-21(24-13-16-7-5-6-8-17(16)14-24)23-12-18(25)15-9-10-19(26-2)20(11-15)27-3;/h9-11,16-18,25H,4-8,12-14H2,1-3H3,(H,22,23);1H. The minimum Gasteiger partial charge on any atom is -0.493 e. The van der Waals surface area contributed by atoms with Gasteiger partial charge in [-0.1, -0.05) is 18.9 Å². The van der Waals surface area contributed by atoms with Crippen molar-refractivity contribution in [2.45, 2.75) is 38.7 Å². The van der Waals surface area contributed by atoms with Gasteiger partial charge in [-0.05, 0) is 49.3 Å². The van der Waals surface area contributed by atoms with E-state index in [1.807, 2.05) is 18.2 Å². The number of benzene rings is 1. The average molecular weight is 503 g/mol. The molecule has 2 aliphatic rings. The lowest BCUT2D eigenvalue weighted by Crippen LogP contribution is -2.40. The number of nitrogens with zero attached hydrogens (tertiary/aromatic N) is 2. The van der Waals surface area contributed by atoms with Crippen molar-refractivity contribution in [3.63, 3.8) is 0 Å². The van der Waals surface area contributed by atoms with Crippen LogP contribution in [0.4, 0.5) is 0 Å². The first-order valence-electron chi connectivity index (χ1n) is 10.1. The number of aliphatic imine (C=N–C) groups is 1. The van der Waals surface area contributed by atoms with E-state index < -0.39 is 6.10 Å². The molecule has 3 unspecified atom stereocenters. The van der Waals surface area contributed by atoms with Crippen molar-refractivity contribution >= 4 is 29.9 Å². The summed E-state index contributed by atoms with van der Waals surface area (Å²) in [7, 11) is 3.21. The molecule has 1 aliphatic carbocycles. The number of aliphatic hydroxyl groups is 1. The highest BCUT2D eigenvalue weighted by Crippen LogP contribution is 2.36. The molecule has 3 atom stereocenters. The summed E-state index contributed by atoms with van der Waals surface area (Å²) in [5, 5.41) is 14.0. The van der Waals surface area contributed by atoms with Gasteiger partial charge in [-0.2, -0.15) is 0 Å². The number of methoxy groups -OCH3 is 2. The second kappa shape index (κ2) is 11.1. The van der Waals surface area contributed by atoms with Crippen molar-refractivity contribution in [3.8, 4) is 11.5 Å². The second-order valence-corrected chi connectivity index (χ2v) is 7.53. The molecule has 0 amide bonds. The molecule has 1 heterocycles. The SMILES string of the molecule is CCNC(=NCC(O)c1ccc(OC)c(OC)c1)N1CC2CCCCC2C1.I. The van der Waals surface area contributed by atoms with E-state index >= 15 is 0 Å². The summed E-state index contributed by atoms with van der Waals surface area (Å²) in [6.45, 7) is 5.41. The molecule has 28 heavy (non-hydrogen) atoms. The molecule has 2 fully saturated rings. The van der Waals surface area contributed by atoms with Crippen LogP contribution in [0.2, 0.25) is 0 Å². The molecule has 1 saturated carbocycles. The summed E-state index contributed by atoms with van der Waals surface area (Å²) in [4.78, 5) is 7.12. The summed E-state index contributed by atoms with van der Waals surface area (Å²) in [6.07, 6.45) is 4.73. The first kappa shape index (κ1) is 23.1. The second-order valence-electron chi connectivity index (χ2n) is 7.53. The van der Waals surface area contributed by atoms with Gasteiger partial charge < -0.3 is 24.8 Å². The van der Waals surface area contributed by atoms with Crippen LogP contribution >= 0.6 is 24.0 Å². The Morgan fingerprint density at radius 2 is 1.82 bits per heavy atom. The third kappa shape index (κ3) is 5.43. The third-order valence-corrected chi connectivity index (χ3v) is 5.82. The van der Waals surface area contributed by atoms with Gasteiger partial charge in [0.2, 0.25) is 0 Å². The zero-order valence-corrected chi connectivity index (χ0v) is 19.5. The van der Waals surface area contributed by atoms with Gasteiger partial charge in [0.15, 0.2) is 17.5 Å². The molecule has 1 saturated heterocycles. The van der Waals surface area contributed by atoms with Crippen molar-refractivity contribution < 1.29 is 14.6 Å². The molecule has 0 aromatic heterocycles. The molecule has 1 aromatic rings. The van der Waals surface area contributed by atoms with Crippen LogP contribution in [0.1, 0.15) is 44.3 Å². The van der Waals surface area contributed by atoms with Crippen molar-refractivity contribution in [1.82, 2.24) is 10.2 Å². The zero-order chi connectivity index (χ0) is 19.2. The normalized spacial score (nSPS) is 22.9. The van der Waals surface area contributed by atoms with Crippen LogP contribution in [-0.2, 0) is 0 Å². The minimum atomic E-state index is -0.677. The number of hydrogen-bond donors (Lipinski definition) is 2. The van der Waals surface area contributed by atoms with Gasteiger partial charge in [0.05, 0.1) is 26.9 Å². The van der Waals surface area contributed by atoms with Gasteiger partial charge in [0.1, 0.15) is 0 Å². The number of ether oxygens (including phenoxy) is 2. The summed E-state index contributed by atoms with van der Waals surface area (Å²) in [6, 6.07) is 5.49. The predicted octanol–water partition coefficient (Wildman–Crippen LogP) is 3.44. The Morgan fingerprint density at radius 3 is 2.39 bits per heavy atom. The molecule has 0 spiro atoms. The first-order chi connectivity index (χ1) is 13.2. The van der Waals surface area contributed by atoms with E-state index in [1.54, 1.807) is 14.2 Å². The molecule has 1 aromatic carbocycles. The monoisotopic (exact) mass is 503 g/mol. The molecule has 2 N–H and O–H groups in total. The quantitative estimate of drug-likeness (QED) is 0.354. The molecule has 0 radical (unpaired) electrons. The van der Waals surface area contributed by atoms with Crippen LogP contribution in [0.25, 0.3) is 0 Å². The Labute approximate surface area is 185 Å². The van der Waals surface area contributed by atoms with E-state index in [1.165, 1.54) is 25.7 Å². The summed E-state index contributed by atoms with van der Waals surface area (Å²) >= 11 is 0. The van der Waals surface area contributed by atoms with Crippen LogP contribution in [0.5, 0.6) is 11.5 Å². The Bertz CT molecular complexity index is 642. The number of halogens is 1. The maximum atomic E-state index is 10.6. The highest BCUT2D eigenvalue weighted by atomic mass is 127. The van der Waals surface area contributed by atoms with E-state index in [-0.39, 0.29) is 24.0 Å². The number of guanidine groups is 1. The topological polar surface area (TPSA) is 66.3 Å². The number of likely N-dealkylation sites (tertiary alicyclic amines) is 1. The first-order valence-corrected chi connectivity index (χ1v) is 10.1. The molecule has 3 rings (SSSR count). The highest BCUT2D eigenvalue weighted by Gasteiger charge is 2.35. The smallest absolute Gasteiger partial charge is 0.194 e. The fraction of sp³-hybridized carbons (Fsp3) is 0.667. The lowest BCUT2D eigenvalue weighted by molar-refractivity contribution is 0.186. The molecular formula is C21H34IN3O3. The van der Waals surface area contributed by atoms with Crippen molar-refractivity contribution in [3.05, 3.63) is 23.8 Å². The molecule has 6 nitrogen and oxygen atoms in total. The van der Waals surface area contributed by atoms with Gasteiger partial charge in [-0.3, -0.25) is 4.99 Å². The number of aliphatic hydroxyl groups excluding tert-OH is 1. The van der Waals surface area contributed by atoms with Crippen LogP contribution in [0, 0.1) is 11.8 Å². The van der Waals surface area contributed by atoms with Crippen LogP contribution in [-0.4, -0.2) is 56.4 Å². The highest BCUT2D eigenvalue weighted by molar-refractivity contribution is 14.0. The average Bonchev–Trinajstić information content (AvgIpc) is 3.14. The van der Waals surface area contributed by atoms with Crippen LogP contribution < -0.4 is 14.8 Å². The third-order valence-electron chi connectivity index (χ3n) is 5.82. The van der Waals surface area contributed by atoms with Crippen molar-refractivity contribution in [2.24, 2.45) is 16.8 Å². The molecule has 7 heteroatoms. The maximum absolute atomic E-state index is 10.6. The Balaban J connectivity index is 0.00000280. The number of hydrogen-bond acceptors (Lipinski definition) is 4. The van der Waals surface area contributed by atoms with Gasteiger partial charge in [-0.15, -0.1) is 24.0 Å². The number of nitrogens with one attached hydrogen (secondary N) is 1. The van der Waals surface area contributed by atoms with Gasteiger partial charge in [0, 0.05) is 19.6 Å². The fourth-order valence-electron chi connectivity index (χ4n) is 4.34. The van der Waals surface area contributed by atoms with Crippen molar-refractivity contribution in [2.75, 3.05) is 40.4 Å². The molecule has 1 aliphatic heterocycles. The molecular weight excluding hydrogens is 469 g/mol. The minimum absolute atomic E-state index is 0. The lowest BCUT2D eigenvalue weighted by atomic mass is 9.82. The van der Waals surface area contributed by atoms with E-state index in [0.29, 0.717) is 18.0 Å². The Hall–Kier alpha value is -1.22.